The number of halogens is 3. The second kappa shape index (κ2) is 2.89. The van der Waals surface area contributed by atoms with Crippen LogP contribution in [0.15, 0.2) is 16.6 Å². The molecule has 0 aliphatic carbocycles. The van der Waals surface area contributed by atoms with E-state index in [1.165, 1.54) is 6.07 Å². The van der Waals surface area contributed by atoms with Crippen molar-refractivity contribution >= 4 is 27.5 Å². The molecule has 0 bridgehead atoms. The first-order valence-corrected chi connectivity index (χ1v) is 3.89. The molecule has 10 heavy (non-hydrogen) atoms. The van der Waals surface area contributed by atoms with Crippen molar-refractivity contribution in [1.29, 1.82) is 0 Å². The van der Waals surface area contributed by atoms with E-state index < -0.39 is 0 Å². The number of hydrogen-bond acceptors (Lipinski definition) is 0. The molecule has 0 atom stereocenters. The van der Waals surface area contributed by atoms with Gasteiger partial charge in [0.25, 0.3) is 0 Å². The summed E-state index contributed by atoms with van der Waals surface area (Å²) in [5.74, 6) is -0.373. The van der Waals surface area contributed by atoms with Crippen LogP contribution in [0.3, 0.4) is 0 Å². The van der Waals surface area contributed by atoms with Gasteiger partial charge in [0.05, 0.1) is 5.02 Å². The fourth-order valence-corrected chi connectivity index (χ4v) is 1.26. The molecule has 0 unspecified atom stereocenters. The lowest BCUT2D eigenvalue weighted by Crippen LogP contribution is -1.80. The van der Waals surface area contributed by atoms with Gasteiger partial charge in [-0.1, -0.05) is 27.5 Å². The lowest BCUT2D eigenvalue weighted by molar-refractivity contribution is 0.626. The largest absolute Gasteiger partial charge is 0.205 e. The zero-order chi connectivity index (χ0) is 7.72. The normalized spacial score (nSPS) is 10.0. The summed E-state index contributed by atoms with van der Waals surface area (Å²) < 4.78 is 13.4. The Morgan fingerprint density at radius 2 is 2.10 bits per heavy atom. The molecule has 0 saturated carbocycles. The third-order valence-electron chi connectivity index (χ3n) is 1.20. The van der Waals surface area contributed by atoms with E-state index in [1.807, 2.05) is 6.92 Å². The van der Waals surface area contributed by atoms with Crippen LogP contribution in [0.4, 0.5) is 4.39 Å². The molecule has 0 fully saturated rings. The van der Waals surface area contributed by atoms with Gasteiger partial charge in [0, 0.05) is 4.47 Å². The third-order valence-corrected chi connectivity index (χ3v) is 2.35. The molecule has 1 aromatic rings. The molecule has 0 amide bonds. The van der Waals surface area contributed by atoms with Crippen LogP contribution in [-0.4, -0.2) is 0 Å². The van der Waals surface area contributed by atoms with E-state index in [2.05, 4.69) is 15.9 Å². The summed E-state index contributed by atoms with van der Waals surface area (Å²) in [7, 11) is 0. The molecule has 0 aromatic heterocycles. The zero-order valence-corrected chi connectivity index (χ0v) is 7.63. The molecule has 0 saturated heterocycles. The molecule has 0 aliphatic rings. The minimum Gasteiger partial charge on any atom is -0.205 e. The van der Waals surface area contributed by atoms with E-state index in [4.69, 9.17) is 11.6 Å². The predicted octanol–water partition coefficient (Wildman–Crippen LogP) is 3.55. The van der Waals surface area contributed by atoms with Gasteiger partial charge in [-0.2, -0.15) is 0 Å². The molecule has 54 valence electrons. The summed E-state index contributed by atoms with van der Waals surface area (Å²) in [6, 6.07) is 2.94. The predicted molar refractivity (Wildman–Crippen MR) is 43.8 cm³/mol. The molecule has 0 radical (unpaired) electrons. The van der Waals surface area contributed by atoms with E-state index in [-0.39, 0.29) is 10.8 Å². The lowest BCUT2D eigenvalue weighted by atomic mass is 10.2. The number of benzene rings is 1. The van der Waals surface area contributed by atoms with E-state index in [9.17, 15) is 4.39 Å². The topological polar surface area (TPSA) is 0 Å². The summed E-state index contributed by atoms with van der Waals surface area (Å²) in [4.78, 5) is 0. The van der Waals surface area contributed by atoms with Crippen LogP contribution >= 0.6 is 27.5 Å². The van der Waals surface area contributed by atoms with Crippen LogP contribution in [0, 0.1) is 12.7 Å². The van der Waals surface area contributed by atoms with Gasteiger partial charge in [-0.05, 0) is 24.6 Å². The Bertz CT molecular complexity index is 210. The van der Waals surface area contributed by atoms with Crippen LogP contribution in [0.5, 0.6) is 0 Å². The second-order valence-electron chi connectivity index (χ2n) is 2.02. The molecule has 0 spiro atoms. The number of hydrogen-bond donors (Lipinski definition) is 0. The molecule has 0 aliphatic heterocycles. The van der Waals surface area contributed by atoms with Gasteiger partial charge in [-0.25, -0.2) is 4.39 Å². The molecule has 0 N–H and O–H groups in total. The van der Waals surface area contributed by atoms with E-state index in [1.54, 1.807) is 6.07 Å². The number of rotatable bonds is 0. The highest BCUT2D eigenvalue weighted by molar-refractivity contribution is 9.10. The van der Waals surface area contributed by atoms with Gasteiger partial charge in [0.15, 0.2) is 0 Å². The van der Waals surface area contributed by atoms with Gasteiger partial charge in [-0.3, -0.25) is 0 Å². The summed E-state index contributed by atoms with van der Waals surface area (Å²) >= 11 is 8.71. The third kappa shape index (κ3) is 1.50. The average molecular weight is 223 g/mol. The van der Waals surface area contributed by atoms with Gasteiger partial charge >= 0.3 is 0 Å². The van der Waals surface area contributed by atoms with Gasteiger partial charge in [-0.15, -0.1) is 0 Å². The van der Waals surface area contributed by atoms with Crippen LogP contribution < -0.4 is 0 Å². The van der Waals surface area contributed by atoms with Crippen LogP contribution in [0.1, 0.15) is 5.56 Å². The van der Waals surface area contributed by atoms with Crippen molar-refractivity contribution in [3.05, 3.63) is 33.0 Å². The van der Waals surface area contributed by atoms with Crippen LogP contribution in [-0.2, 0) is 0 Å². The van der Waals surface area contributed by atoms with Crippen LogP contribution in [0.2, 0.25) is 5.02 Å². The Kier molecular flexibility index (Phi) is 2.32. The zero-order valence-electron chi connectivity index (χ0n) is 5.29. The molecule has 1 aromatic carbocycles. The minimum absolute atomic E-state index is 0.150. The summed E-state index contributed by atoms with van der Waals surface area (Å²) in [5, 5.41) is 0.150. The molecule has 1 rings (SSSR count). The Morgan fingerprint density at radius 3 is 2.60 bits per heavy atom. The first-order valence-electron chi connectivity index (χ1n) is 2.72. The van der Waals surface area contributed by atoms with Gasteiger partial charge in [0.2, 0.25) is 0 Å². The monoisotopic (exact) mass is 222 g/mol. The Labute approximate surface area is 72.1 Å². The summed E-state index contributed by atoms with van der Waals surface area (Å²) in [5.41, 5.74) is 0.849. The van der Waals surface area contributed by atoms with Crippen molar-refractivity contribution < 1.29 is 4.39 Å². The number of aryl methyl sites for hydroxylation is 1. The highest BCUT2D eigenvalue weighted by Gasteiger charge is 2.01. The quantitative estimate of drug-likeness (QED) is 0.590. The Morgan fingerprint density at radius 1 is 1.50 bits per heavy atom. The maximum Gasteiger partial charge on any atom is 0.142 e. The highest BCUT2D eigenvalue weighted by Crippen LogP contribution is 2.23. The molecule has 0 heterocycles. The molecule has 3 heteroatoms. The van der Waals surface area contributed by atoms with Crippen molar-refractivity contribution in [2.45, 2.75) is 6.92 Å². The van der Waals surface area contributed by atoms with Gasteiger partial charge < -0.3 is 0 Å². The fourth-order valence-electron chi connectivity index (χ4n) is 0.622. The average Bonchev–Trinajstić information content (AvgIpc) is 1.84. The SMILES string of the molecule is Cc1cc(F)c(Cl)cc1Br. The minimum atomic E-state index is -0.373. The maximum atomic E-state index is 12.6. The van der Waals surface area contributed by atoms with E-state index in [0.717, 1.165) is 10.0 Å². The first kappa shape index (κ1) is 8.02. The smallest absolute Gasteiger partial charge is 0.142 e. The fraction of sp³-hybridized carbons (Fsp3) is 0.143. The maximum absolute atomic E-state index is 12.6. The molecular weight excluding hydrogens is 218 g/mol. The van der Waals surface area contributed by atoms with Gasteiger partial charge in [0.1, 0.15) is 5.82 Å². The second-order valence-corrected chi connectivity index (χ2v) is 3.28. The Balaban J connectivity index is 3.28. The van der Waals surface area contributed by atoms with E-state index >= 15 is 0 Å². The molecular formula is C7H5BrClF. The van der Waals surface area contributed by atoms with Crippen molar-refractivity contribution in [3.63, 3.8) is 0 Å². The summed E-state index contributed by atoms with van der Waals surface area (Å²) in [6.07, 6.45) is 0. The van der Waals surface area contributed by atoms with Crippen LogP contribution in [0.25, 0.3) is 0 Å². The lowest BCUT2D eigenvalue weighted by Gasteiger charge is -1.98. The van der Waals surface area contributed by atoms with Crippen molar-refractivity contribution in [3.8, 4) is 0 Å². The standard InChI is InChI=1S/C7H5BrClF/c1-4-2-7(10)6(9)3-5(4)8/h2-3H,1H3. The van der Waals surface area contributed by atoms with E-state index in [0.29, 0.717) is 0 Å². The van der Waals surface area contributed by atoms with Crippen molar-refractivity contribution in [2.24, 2.45) is 0 Å². The summed E-state index contributed by atoms with van der Waals surface area (Å²) in [6.45, 7) is 1.81. The van der Waals surface area contributed by atoms with Crippen molar-refractivity contribution in [1.82, 2.24) is 0 Å². The first-order chi connectivity index (χ1) is 4.61. The Hall–Kier alpha value is -0.0800. The molecule has 0 nitrogen and oxygen atoms in total. The highest BCUT2D eigenvalue weighted by atomic mass is 79.9. The van der Waals surface area contributed by atoms with Crippen molar-refractivity contribution in [2.75, 3.05) is 0 Å².